The monoisotopic (exact) mass is 1070 g/mol. The molecule has 12 unspecified atom stereocenters. The van der Waals surface area contributed by atoms with Crippen LogP contribution in [-0.2, 0) is 76.3 Å². The number of fused-ring (bicyclic) bond motifs is 2. The summed E-state index contributed by atoms with van der Waals surface area (Å²) in [4.78, 5) is 91.3. The van der Waals surface area contributed by atoms with Crippen molar-refractivity contribution in [2.75, 3.05) is 6.61 Å². The fraction of sp³-hybridized carbons (Fsp3) is 0.700. The SMILES string of the molecule is C=C(C)C(=O)OC1(C)CCCC1.C=C(C)C(=O)OC1(CC)CCCC1.C=C(C)C(=O)OC1C2CC3C(=O)OC1C3C2.C=C(C)C(=O)OCC(=O)OC1C2CC3C(=O)OC1C3C2.C=CC(=O)OC12CC3CC(CC(O)(C3)C1)C2. The molecule has 2 heterocycles. The highest BCUT2D eigenvalue weighted by Crippen LogP contribution is 2.59. The molecule has 10 saturated carbocycles. The van der Waals surface area contributed by atoms with Crippen molar-refractivity contribution in [3.8, 4) is 0 Å². The van der Waals surface area contributed by atoms with E-state index in [2.05, 4.69) is 39.8 Å². The molecule has 77 heavy (non-hydrogen) atoms. The first-order valence-corrected chi connectivity index (χ1v) is 27.9. The lowest BCUT2D eigenvalue weighted by atomic mass is 9.52. The van der Waals surface area contributed by atoms with Gasteiger partial charge in [-0.3, -0.25) is 9.59 Å². The van der Waals surface area contributed by atoms with Crippen LogP contribution >= 0.6 is 0 Å². The zero-order chi connectivity index (χ0) is 56.4. The minimum Gasteiger partial charge on any atom is -0.458 e. The van der Waals surface area contributed by atoms with Crippen LogP contribution < -0.4 is 0 Å². The Morgan fingerprint density at radius 1 is 0.623 bits per heavy atom. The number of carbonyl (C=O) groups is 8. The Labute approximate surface area is 453 Å². The van der Waals surface area contributed by atoms with Gasteiger partial charge in [-0.2, -0.15) is 0 Å². The van der Waals surface area contributed by atoms with Crippen molar-refractivity contribution in [3.63, 3.8) is 0 Å². The Morgan fingerprint density at radius 2 is 1.09 bits per heavy atom. The quantitative estimate of drug-likeness (QED) is 0.103. The topological polar surface area (TPSA) is 231 Å². The van der Waals surface area contributed by atoms with Gasteiger partial charge in [-0.1, -0.05) is 39.8 Å². The lowest BCUT2D eigenvalue weighted by Gasteiger charge is -2.59. The highest BCUT2D eigenvalue weighted by Gasteiger charge is 2.65. The first-order valence-electron chi connectivity index (χ1n) is 27.9. The molecule has 12 rings (SSSR count). The largest absolute Gasteiger partial charge is 0.458 e. The fourth-order valence-electron chi connectivity index (χ4n) is 14.7. The van der Waals surface area contributed by atoms with E-state index in [1.165, 1.54) is 45.1 Å². The normalized spacial score (nSPS) is 35.3. The van der Waals surface area contributed by atoms with E-state index in [9.17, 15) is 43.5 Å². The van der Waals surface area contributed by atoms with Crippen LogP contribution in [0.3, 0.4) is 0 Å². The average Bonchev–Trinajstić information content (AvgIpc) is 4.33. The summed E-state index contributed by atoms with van der Waals surface area (Å²) >= 11 is 0. The van der Waals surface area contributed by atoms with Crippen molar-refractivity contribution in [2.45, 2.75) is 210 Å². The molecule has 8 bridgehead atoms. The second-order valence-electron chi connectivity index (χ2n) is 24.5. The van der Waals surface area contributed by atoms with Crippen molar-refractivity contribution in [2.24, 2.45) is 47.3 Å². The van der Waals surface area contributed by atoms with Gasteiger partial charge < -0.3 is 43.0 Å². The second kappa shape index (κ2) is 23.8. The third-order valence-corrected chi connectivity index (χ3v) is 18.0. The van der Waals surface area contributed by atoms with Crippen LogP contribution in [0.4, 0.5) is 0 Å². The minimum atomic E-state index is -0.623. The van der Waals surface area contributed by atoms with Gasteiger partial charge in [0.05, 0.1) is 17.4 Å². The second-order valence-corrected chi connectivity index (χ2v) is 24.5. The van der Waals surface area contributed by atoms with Crippen molar-refractivity contribution >= 4 is 47.8 Å². The number of hydrogen-bond donors (Lipinski definition) is 1. The summed E-state index contributed by atoms with van der Waals surface area (Å²) in [5, 5.41) is 10.4. The lowest BCUT2D eigenvalue weighted by molar-refractivity contribution is -0.216. The zero-order valence-corrected chi connectivity index (χ0v) is 46.2. The maximum Gasteiger partial charge on any atom is 0.344 e. The minimum absolute atomic E-state index is 0.0128. The summed E-state index contributed by atoms with van der Waals surface area (Å²) in [6.07, 6.45) is 18.6. The Kier molecular flexibility index (Phi) is 18.3. The van der Waals surface area contributed by atoms with Gasteiger partial charge >= 0.3 is 47.8 Å². The van der Waals surface area contributed by atoms with Crippen LogP contribution in [-0.4, -0.2) is 106 Å². The van der Waals surface area contributed by atoms with Crippen molar-refractivity contribution in [1.82, 2.24) is 0 Å². The summed E-state index contributed by atoms with van der Waals surface area (Å²) < 4.78 is 42.3. The molecule has 12 atom stereocenters. The molecule has 1 N–H and O–H groups in total. The Bertz CT molecular complexity index is 2370. The maximum absolute atomic E-state index is 11.7. The number of hydrogen-bond acceptors (Lipinski definition) is 17. The van der Waals surface area contributed by atoms with Gasteiger partial charge in [0.25, 0.3) is 0 Å². The molecule has 10 aliphatic carbocycles. The van der Waals surface area contributed by atoms with E-state index in [4.69, 9.17) is 37.9 Å². The molecule has 0 spiro atoms. The summed E-state index contributed by atoms with van der Waals surface area (Å²) in [5.74, 6) is -0.629. The van der Waals surface area contributed by atoms with E-state index in [0.717, 1.165) is 83.5 Å². The summed E-state index contributed by atoms with van der Waals surface area (Å²) in [6, 6.07) is 0. The smallest absolute Gasteiger partial charge is 0.344 e. The molecule has 12 fully saturated rings. The highest BCUT2D eigenvalue weighted by atomic mass is 16.6. The van der Waals surface area contributed by atoms with Crippen LogP contribution in [0.1, 0.15) is 164 Å². The van der Waals surface area contributed by atoms with Gasteiger partial charge in [0.1, 0.15) is 41.2 Å². The lowest BCUT2D eigenvalue weighted by Crippen LogP contribution is -2.60. The standard InChI is InChI=1S/C14H16O6.C13H18O3.C12H14O4.C11H18O2.C10H16O2/c1-6(2)13(16)18-5-10(15)19-11-7-3-8-9(4-7)14(17)20-12(8)11;1-2-11(14)16-13-6-9-3-10(7-13)5-12(15,4-9)8-13;1-5(2)11(13)15-9-6-3-7-8(4-6)12(14)16-10(7)9;1-4-11(7-5-6-8-11)13-10(12)9(2)3;1-8(2)9(11)12-10(3)6-4-5-7-10/h7-9,11-12H,1,3-5H2,2H3;2,9-10,15H,1,3-8H2;6-10H,1,3-4H2,2H3;2,4-8H2,1,3H3;1,4-7H2,2-3H3. The zero-order valence-electron chi connectivity index (χ0n) is 46.2. The maximum atomic E-state index is 11.7. The molecule has 17 nitrogen and oxygen atoms in total. The molecule has 0 aromatic heterocycles. The van der Waals surface area contributed by atoms with Gasteiger partial charge in [0, 0.05) is 58.5 Å². The van der Waals surface area contributed by atoms with Crippen molar-refractivity contribution in [1.29, 1.82) is 0 Å². The molecule has 12 aliphatic rings. The first kappa shape index (κ1) is 59.1. The molecule has 0 amide bonds. The predicted molar refractivity (Wildman–Crippen MR) is 278 cm³/mol. The summed E-state index contributed by atoms with van der Waals surface area (Å²) in [5.41, 5.74) is 0.276. The van der Waals surface area contributed by atoms with Crippen LogP contribution in [0.15, 0.2) is 61.3 Å². The van der Waals surface area contributed by atoms with E-state index in [-0.39, 0.29) is 106 Å². The van der Waals surface area contributed by atoms with Crippen LogP contribution in [0.5, 0.6) is 0 Å². The Balaban J connectivity index is 0.000000142. The number of rotatable bonds is 13. The van der Waals surface area contributed by atoms with Crippen molar-refractivity contribution in [3.05, 3.63) is 61.3 Å². The van der Waals surface area contributed by atoms with Crippen molar-refractivity contribution < 1.29 is 81.4 Å². The van der Waals surface area contributed by atoms with E-state index in [1.54, 1.807) is 20.8 Å². The van der Waals surface area contributed by atoms with Crippen LogP contribution in [0, 0.1) is 47.3 Å². The third-order valence-electron chi connectivity index (χ3n) is 18.0. The molecule has 0 aromatic carbocycles. The van der Waals surface area contributed by atoms with Gasteiger partial charge in [-0.05, 0) is 162 Å². The molecule has 0 radical (unpaired) electrons. The molecular weight excluding hydrogens is 993 g/mol. The molecule has 2 aliphatic heterocycles. The number of esters is 8. The average molecular weight is 1080 g/mol. The summed E-state index contributed by atoms with van der Waals surface area (Å²) in [7, 11) is 0. The van der Waals surface area contributed by atoms with E-state index >= 15 is 0 Å². The number of ether oxygens (including phenoxy) is 8. The van der Waals surface area contributed by atoms with Gasteiger partial charge in [-0.15, -0.1) is 0 Å². The Hall–Kier alpha value is -5.58. The van der Waals surface area contributed by atoms with Crippen LogP contribution in [0.25, 0.3) is 0 Å². The third kappa shape index (κ3) is 13.6. The van der Waals surface area contributed by atoms with Crippen LogP contribution in [0.2, 0.25) is 0 Å². The Morgan fingerprint density at radius 3 is 1.55 bits per heavy atom. The first-order chi connectivity index (χ1) is 36.2. The predicted octanol–water partition coefficient (Wildman–Crippen LogP) is 8.72. The summed E-state index contributed by atoms with van der Waals surface area (Å²) in [6.45, 7) is 27.7. The van der Waals surface area contributed by atoms with E-state index < -0.39 is 30.3 Å². The number of carbonyl (C=O) groups excluding carboxylic acids is 8. The van der Waals surface area contributed by atoms with Gasteiger partial charge in [0.2, 0.25) is 0 Å². The highest BCUT2D eigenvalue weighted by molar-refractivity contribution is 5.89. The molecule has 0 aromatic rings. The fourth-order valence-corrected chi connectivity index (χ4v) is 14.7. The van der Waals surface area contributed by atoms with E-state index in [1.807, 2.05) is 6.92 Å². The number of aliphatic hydroxyl groups is 1. The molecule has 17 heteroatoms. The van der Waals surface area contributed by atoms with Gasteiger partial charge in [-0.25, -0.2) is 28.8 Å². The molecule has 2 saturated heterocycles. The van der Waals surface area contributed by atoms with Gasteiger partial charge in [0.15, 0.2) is 6.61 Å². The molecule has 424 valence electrons. The van der Waals surface area contributed by atoms with E-state index in [0.29, 0.717) is 40.9 Å². The molecular formula is C60H82O17.